The number of nitrogens with one attached hydrogen (secondary N) is 2. The molecule has 0 aromatic carbocycles. The van der Waals surface area contributed by atoms with E-state index in [0.717, 1.165) is 0 Å². The second-order valence-corrected chi connectivity index (χ2v) is 6.12. The number of halogens is 4. The van der Waals surface area contributed by atoms with Gasteiger partial charge in [-0.1, -0.05) is 0 Å². The van der Waals surface area contributed by atoms with Crippen molar-refractivity contribution in [2.24, 2.45) is 0 Å². The largest absolute Gasteiger partial charge is 0.402 e. The van der Waals surface area contributed by atoms with Gasteiger partial charge in [-0.25, -0.2) is 18.1 Å². The molecular weight excluding hydrogens is 351 g/mol. The molecular formula is C9H11BrF3N3O2S. The highest BCUT2D eigenvalue weighted by Crippen LogP contribution is 2.23. The average molecular weight is 362 g/mol. The van der Waals surface area contributed by atoms with E-state index in [4.69, 9.17) is 0 Å². The van der Waals surface area contributed by atoms with E-state index in [9.17, 15) is 21.6 Å². The predicted molar refractivity (Wildman–Crippen MR) is 67.3 cm³/mol. The summed E-state index contributed by atoms with van der Waals surface area (Å²) >= 11 is 3.03. The summed E-state index contributed by atoms with van der Waals surface area (Å²) in [6, 6.07) is 1.18. The van der Waals surface area contributed by atoms with Crippen molar-refractivity contribution >= 4 is 31.8 Å². The van der Waals surface area contributed by atoms with Gasteiger partial charge in [-0.3, -0.25) is 0 Å². The third-order valence-corrected chi connectivity index (χ3v) is 3.76. The number of anilines is 1. The first-order valence-electron chi connectivity index (χ1n) is 5.11. The van der Waals surface area contributed by atoms with E-state index < -0.39 is 22.7 Å². The van der Waals surface area contributed by atoms with Gasteiger partial charge < -0.3 is 5.32 Å². The molecule has 0 spiro atoms. The van der Waals surface area contributed by atoms with Crippen LogP contribution in [0.15, 0.2) is 21.6 Å². The minimum absolute atomic E-state index is 0.000347. The maximum absolute atomic E-state index is 12.1. The summed E-state index contributed by atoms with van der Waals surface area (Å²) in [4.78, 5) is 3.48. The van der Waals surface area contributed by atoms with Crippen molar-refractivity contribution in [3.63, 3.8) is 0 Å². The van der Waals surface area contributed by atoms with Gasteiger partial charge in [0.1, 0.15) is 17.3 Å². The second-order valence-electron chi connectivity index (χ2n) is 3.47. The van der Waals surface area contributed by atoms with Crippen LogP contribution in [0.5, 0.6) is 0 Å². The highest BCUT2D eigenvalue weighted by atomic mass is 79.9. The molecule has 0 saturated heterocycles. The Morgan fingerprint density at radius 2 is 2.05 bits per heavy atom. The molecule has 0 unspecified atom stereocenters. The fourth-order valence-electron chi connectivity index (χ4n) is 1.18. The van der Waals surface area contributed by atoms with Crippen molar-refractivity contribution in [3.8, 4) is 0 Å². The first-order valence-corrected chi connectivity index (χ1v) is 7.39. The molecule has 1 aromatic rings. The maximum atomic E-state index is 12.1. The fourth-order valence-corrected chi connectivity index (χ4v) is 2.83. The summed E-state index contributed by atoms with van der Waals surface area (Å²) in [6.07, 6.45) is -3.27. The Hall–Kier alpha value is -0.870. The van der Waals surface area contributed by atoms with E-state index in [1.807, 2.05) is 0 Å². The summed E-state index contributed by atoms with van der Waals surface area (Å²) in [6.45, 7) is 0.465. The van der Waals surface area contributed by atoms with Gasteiger partial charge >= 0.3 is 6.18 Å². The molecule has 0 amide bonds. The molecule has 0 aliphatic carbocycles. The van der Waals surface area contributed by atoms with Crippen molar-refractivity contribution in [1.82, 2.24) is 9.71 Å². The molecule has 0 saturated carbocycles. The van der Waals surface area contributed by atoms with E-state index in [1.165, 1.54) is 17.0 Å². The van der Waals surface area contributed by atoms with E-state index in [1.54, 1.807) is 6.92 Å². The lowest BCUT2D eigenvalue weighted by Gasteiger charge is -2.13. The third kappa shape index (κ3) is 4.96. The molecule has 0 fully saturated rings. The van der Waals surface area contributed by atoms with Crippen LogP contribution in [-0.4, -0.2) is 32.7 Å². The number of alkyl halides is 3. The van der Waals surface area contributed by atoms with Crippen LogP contribution >= 0.6 is 15.9 Å². The normalized spacial score (nSPS) is 12.5. The standard InChI is InChI=1S/C9H11BrF3N3O2S/c1-2-14-8-7(3-6(10)4-15-8)19(17,18)16-5-9(11,12)13/h3-4,16H,2,5H2,1H3,(H,14,15). The van der Waals surface area contributed by atoms with Gasteiger partial charge in [-0.15, -0.1) is 0 Å². The Morgan fingerprint density at radius 1 is 1.42 bits per heavy atom. The van der Waals surface area contributed by atoms with E-state index >= 15 is 0 Å². The van der Waals surface area contributed by atoms with Gasteiger partial charge in [0.25, 0.3) is 0 Å². The molecule has 5 nitrogen and oxygen atoms in total. The molecule has 1 rings (SSSR count). The van der Waals surface area contributed by atoms with E-state index in [2.05, 4.69) is 26.2 Å². The van der Waals surface area contributed by atoms with Gasteiger partial charge in [0, 0.05) is 17.2 Å². The van der Waals surface area contributed by atoms with Crippen LogP contribution in [0.2, 0.25) is 0 Å². The molecule has 10 heteroatoms. The van der Waals surface area contributed by atoms with Crippen molar-refractivity contribution in [2.45, 2.75) is 18.0 Å². The first-order chi connectivity index (χ1) is 8.65. The lowest BCUT2D eigenvalue weighted by atomic mass is 10.4. The molecule has 108 valence electrons. The van der Waals surface area contributed by atoms with Gasteiger partial charge in [-0.05, 0) is 28.9 Å². The Labute approximate surface area is 116 Å². The summed E-state index contributed by atoms with van der Waals surface area (Å²) in [5.74, 6) is 0.000347. The van der Waals surface area contributed by atoms with Gasteiger partial charge in [-0.2, -0.15) is 13.2 Å². The SMILES string of the molecule is CCNc1ncc(Br)cc1S(=O)(=O)NCC(F)(F)F. The van der Waals surface area contributed by atoms with Crippen LogP contribution in [0.4, 0.5) is 19.0 Å². The first kappa shape index (κ1) is 16.2. The Balaban J connectivity index is 3.09. The van der Waals surface area contributed by atoms with E-state index in [-0.39, 0.29) is 10.7 Å². The van der Waals surface area contributed by atoms with Crippen LogP contribution in [0.1, 0.15) is 6.92 Å². The van der Waals surface area contributed by atoms with Crippen LogP contribution < -0.4 is 10.0 Å². The smallest absolute Gasteiger partial charge is 0.369 e. The third-order valence-electron chi connectivity index (χ3n) is 1.92. The quantitative estimate of drug-likeness (QED) is 0.842. The number of hydrogen-bond acceptors (Lipinski definition) is 4. The number of nitrogens with zero attached hydrogens (tertiary/aromatic N) is 1. The number of sulfonamides is 1. The van der Waals surface area contributed by atoms with Crippen LogP contribution in [-0.2, 0) is 10.0 Å². The molecule has 0 atom stereocenters. The summed E-state index contributed by atoms with van der Waals surface area (Å²) in [5, 5.41) is 2.67. The number of aromatic nitrogens is 1. The average Bonchev–Trinajstić information content (AvgIpc) is 2.28. The number of pyridine rings is 1. The number of hydrogen-bond donors (Lipinski definition) is 2. The molecule has 0 aliphatic rings. The second kappa shape index (κ2) is 6.06. The lowest BCUT2D eigenvalue weighted by molar-refractivity contribution is -0.121. The van der Waals surface area contributed by atoms with Crippen molar-refractivity contribution in [2.75, 3.05) is 18.4 Å². The molecule has 0 aliphatic heterocycles. The van der Waals surface area contributed by atoms with Crippen molar-refractivity contribution in [1.29, 1.82) is 0 Å². The van der Waals surface area contributed by atoms with Crippen molar-refractivity contribution < 1.29 is 21.6 Å². The lowest BCUT2D eigenvalue weighted by Crippen LogP contribution is -2.34. The summed E-state index contributed by atoms with van der Waals surface area (Å²) in [7, 11) is -4.29. The summed E-state index contributed by atoms with van der Waals surface area (Å²) < 4.78 is 61.7. The Kier molecular flexibility index (Phi) is 5.16. The van der Waals surface area contributed by atoms with E-state index in [0.29, 0.717) is 11.0 Å². The zero-order valence-corrected chi connectivity index (χ0v) is 12.2. The molecule has 19 heavy (non-hydrogen) atoms. The van der Waals surface area contributed by atoms with Gasteiger partial charge in [0.2, 0.25) is 10.0 Å². The van der Waals surface area contributed by atoms with Crippen LogP contribution in [0, 0.1) is 0 Å². The highest BCUT2D eigenvalue weighted by molar-refractivity contribution is 9.10. The molecule has 1 aromatic heterocycles. The van der Waals surface area contributed by atoms with Crippen LogP contribution in [0.3, 0.4) is 0 Å². The fraction of sp³-hybridized carbons (Fsp3) is 0.444. The molecule has 0 bridgehead atoms. The topological polar surface area (TPSA) is 71.1 Å². The zero-order valence-electron chi connectivity index (χ0n) is 9.75. The summed E-state index contributed by atoms with van der Waals surface area (Å²) in [5.41, 5.74) is 0. The zero-order chi connectivity index (χ0) is 14.7. The predicted octanol–water partition coefficient (Wildman–Crippen LogP) is 2.12. The molecule has 1 heterocycles. The highest BCUT2D eigenvalue weighted by Gasteiger charge is 2.31. The Bertz CT molecular complexity index is 548. The van der Waals surface area contributed by atoms with Crippen LogP contribution in [0.25, 0.3) is 0 Å². The maximum Gasteiger partial charge on any atom is 0.402 e. The van der Waals surface area contributed by atoms with Crippen molar-refractivity contribution in [3.05, 3.63) is 16.7 Å². The monoisotopic (exact) mass is 361 g/mol. The number of rotatable bonds is 5. The van der Waals surface area contributed by atoms with Gasteiger partial charge in [0.15, 0.2) is 0 Å². The minimum Gasteiger partial charge on any atom is -0.369 e. The molecule has 0 radical (unpaired) electrons. The molecule has 2 N–H and O–H groups in total. The van der Waals surface area contributed by atoms with Gasteiger partial charge in [0.05, 0.1) is 0 Å². The Morgan fingerprint density at radius 3 is 2.58 bits per heavy atom. The minimum atomic E-state index is -4.62.